The maximum absolute atomic E-state index is 12.9. The minimum Gasteiger partial charge on any atom is -0.467 e. The molecule has 4 heterocycles. The van der Waals surface area contributed by atoms with Crippen molar-refractivity contribution in [2.24, 2.45) is 7.05 Å². The summed E-state index contributed by atoms with van der Waals surface area (Å²) in [4.78, 5) is 29.9. The number of aryl methyl sites for hydroxylation is 2. The van der Waals surface area contributed by atoms with Crippen molar-refractivity contribution >= 4 is 16.9 Å². The zero-order valence-electron chi connectivity index (χ0n) is 14.5. The average molecular weight is 357 g/mol. The maximum atomic E-state index is 12.9. The molecule has 0 aromatic carbocycles. The minimum atomic E-state index is -0.439. The van der Waals surface area contributed by atoms with Crippen LogP contribution in [0.3, 0.4) is 0 Å². The van der Waals surface area contributed by atoms with Crippen LogP contribution in [-0.4, -0.2) is 34.8 Å². The largest absolute Gasteiger partial charge is 0.467 e. The Hall–Kier alpha value is -3.07. The van der Waals surface area contributed by atoms with Gasteiger partial charge >= 0.3 is 5.69 Å². The summed E-state index contributed by atoms with van der Waals surface area (Å²) < 4.78 is 11.6. The summed E-state index contributed by atoms with van der Waals surface area (Å²) in [5, 5.41) is 9.03. The normalized spacial score (nSPS) is 11.8. The second kappa shape index (κ2) is 6.03. The molecule has 4 aromatic heterocycles. The maximum Gasteiger partial charge on any atom is 0.332 e. The van der Waals surface area contributed by atoms with Crippen LogP contribution in [0.5, 0.6) is 0 Å². The molecule has 0 unspecified atom stereocenters. The van der Waals surface area contributed by atoms with Crippen molar-refractivity contribution in [1.82, 2.24) is 23.1 Å². The Balaban J connectivity index is 2.00. The Morgan fingerprint density at radius 1 is 1.27 bits per heavy atom. The van der Waals surface area contributed by atoms with Crippen LogP contribution in [0, 0.1) is 6.92 Å². The summed E-state index contributed by atoms with van der Waals surface area (Å²) >= 11 is 0. The fourth-order valence-electron chi connectivity index (χ4n) is 3.23. The number of nitrogens with zero attached hydrogens (tertiary/aromatic N) is 5. The van der Waals surface area contributed by atoms with Gasteiger partial charge in [0.2, 0.25) is 5.78 Å². The molecule has 9 heteroatoms. The highest BCUT2D eigenvalue weighted by molar-refractivity contribution is 5.75. The van der Waals surface area contributed by atoms with E-state index in [1.54, 1.807) is 17.7 Å². The van der Waals surface area contributed by atoms with Crippen LogP contribution in [0.25, 0.3) is 16.9 Å². The predicted octanol–water partition coefficient (Wildman–Crippen LogP) is 0.482. The van der Waals surface area contributed by atoms with Crippen molar-refractivity contribution in [3.63, 3.8) is 0 Å². The van der Waals surface area contributed by atoms with E-state index in [1.807, 2.05) is 29.8 Å². The van der Waals surface area contributed by atoms with Crippen molar-refractivity contribution < 1.29 is 9.52 Å². The van der Waals surface area contributed by atoms with Crippen molar-refractivity contribution in [2.45, 2.75) is 26.4 Å². The van der Waals surface area contributed by atoms with E-state index in [9.17, 15) is 9.59 Å². The van der Waals surface area contributed by atoms with E-state index < -0.39 is 11.2 Å². The molecule has 0 fully saturated rings. The number of fused-ring (bicyclic) bond motifs is 3. The molecule has 4 aromatic rings. The molecule has 0 spiro atoms. The first-order chi connectivity index (χ1) is 12.5. The van der Waals surface area contributed by atoms with Gasteiger partial charge in [-0.15, -0.1) is 0 Å². The van der Waals surface area contributed by atoms with E-state index >= 15 is 0 Å². The minimum absolute atomic E-state index is 0.0892. The Morgan fingerprint density at radius 3 is 2.77 bits per heavy atom. The number of rotatable bonds is 5. The molecular formula is C17H19N5O4. The molecule has 4 rings (SSSR count). The van der Waals surface area contributed by atoms with Crippen LogP contribution >= 0.6 is 0 Å². The molecule has 0 saturated carbocycles. The fourth-order valence-corrected chi connectivity index (χ4v) is 3.23. The second-order valence-electron chi connectivity index (χ2n) is 6.27. The van der Waals surface area contributed by atoms with Crippen molar-refractivity contribution in [3.05, 3.63) is 56.9 Å². The summed E-state index contributed by atoms with van der Waals surface area (Å²) in [5.74, 6) is 1.34. The molecule has 136 valence electrons. The van der Waals surface area contributed by atoms with Crippen LogP contribution < -0.4 is 11.2 Å². The summed E-state index contributed by atoms with van der Waals surface area (Å²) in [6.07, 6.45) is 3.77. The average Bonchev–Trinajstić information content (AvgIpc) is 3.31. The smallest absolute Gasteiger partial charge is 0.332 e. The molecule has 0 aliphatic heterocycles. The van der Waals surface area contributed by atoms with Crippen molar-refractivity contribution in [2.75, 3.05) is 6.61 Å². The molecule has 0 aliphatic rings. The van der Waals surface area contributed by atoms with E-state index in [2.05, 4.69) is 4.98 Å². The van der Waals surface area contributed by atoms with Gasteiger partial charge in [-0.3, -0.25) is 18.3 Å². The van der Waals surface area contributed by atoms with Crippen LogP contribution in [0.15, 0.2) is 38.6 Å². The molecule has 0 saturated heterocycles. The molecule has 26 heavy (non-hydrogen) atoms. The van der Waals surface area contributed by atoms with Gasteiger partial charge < -0.3 is 14.1 Å². The number of hydrogen-bond donors (Lipinski definition) is 1. The monoisotopic (exact) mass is 357 g/mol. The molecule has 0 bridgehead atoms. The quantitative estimate of drug-likeness (QED) is 0.560. The molecule has 9 nitrogen and oxygen atoms in total. The Morgan fingerprint density at radius 2 is 2.08 bits per heavy atom. The summed E-state index contributed by atoms with van der Waals surface area (Å²) in [6.45, 7) is 2.48. The van der Waals surface area contributed by atoms with Gasteiger partial charge in [0.05, 0.1) is 12.8 Å². The molecular weight excluding hydrogens is 338 g/mol. The van der Waals surface area contributed by atoms with Crippen LogP contribution in [0.1, 0.15) is 17.9 Å². The lowest BCUT2D eigenvalue weighted by molar-refractivity contribution is 0.277. The van der Waals surface area contributed by atoms with E-state index in [-0.39, 0.29) is 13.2 Å². The van der Waals surface area contributed by atoms with Gasteiger partial charge in [0.1, 0.15) is 5.76 Å². The van der Waals surface area contributed by atoms with E-state index in [1.165, 1.54) is 4.57 Å². The second-order valence-corrected chi connectivity index (χ2v) is 6.27. The third-order valence-electron chi connectivity index (χ3n) is 4.57. The van der Waals surface area contributed by atoms with Gasteiger partial charge in [0, 0.05) is 32.1 Å². The van der Waals surface area contributed by atoms with Gasteiger partial charge in [-0.25, -0.2) is 4.79 Å². The van der Waals surface area contributed by atoms with Crippen LogP contribution in [0.4, 0.5) is 0 Å². The Bertz CT molecular complexity index is 1210. The third kappa shape index (κ3) is 2.31. The first-order valence-corrected chi connectivity index (χ1v) is 8.34. The highest BCUT2D eigenvalue weighted by Gasteiger charge is 2.20. The van der Waals surface area contributed by atoms with Crippen LogP contribution in [-0.2, 0) is 20.1 Å². The summed E-state index contributed by atoms with van der Waals surface area (Å²) in [6, 6.07) is 3.69. The molecule has 0 amide bonds. The number of imidazole rings is 2. The summed E-state index contributed by atoms with van der Waals surface area (Å²) in [7, 11) is 1.59. The predicted molar refractivity (Wildman–Crippen MR) is 94.4 cm³/mol. The Kier molecular flexibility index (Phi) is 3.80. The number of hydrogen-bond acceptors (Lipinski definition) is 5. The van der Waals surface area contributed by atoms with Crippen molar-refractivity contribution in [3.8, 4) is 0 Å². The van der Waals surface area contributed by atoms with Gasteiger partial charge in [-0.1, -0.05) is 0 Å². The highest BCUT2D eigenvalue weighted by atomic mass is 16.3. The van der Waals surface area contributed by atoms with Crippen molar-refractivity contribution in [1.29, 1.82) is 0 Å². The number of aromatic nitrogens is 5. The van der Waals surface area contributed by atoms with Gasteiger partial charge in [0.25, 0.3) is 5.56 Å². The molecule has 0 atom stereocenters. The Labute approximate surface area is 147 Å². The first kappa shape index (κ1) is 16.4. The van der Waals surface area contributed by atoms with E-state index in [0.717, 1.165) is 16.0 Å². The highest BCUT2D eigenvalue weighted by Crippen LogP contribution is 2.18. The standard InChI is InChI=1S/C17H19N5O4/c1-11-9-22-13-14(18-16(22)21(11)10-12-5-3-8-26-12)19(2)17(25)20(15(13)24)6-4-7-23/h3,5,8-9,23H,4,6-7,10H2,1-2H3. The zero-order valence-corrected chi connectivity index (χ0v) is 14.5. The van der Waals surface area contributed by atoms with Gasteiger partial charge in [-0.05, 0) is 25.5 Å². The van der Waals surface area contributed by atoms with Gasteiger partial charge in [0.15, 0.2) is 11.2 Å². The zero-order chi connectivity index (χ0) is 18.4. The molecule has 0 aliphatic carbocycles. The molecule has 0 radical (unpaired) electrons. The van der Waals surface area contributed by atoms with E-state index in [4.69, 9.17) is 9.52 Å². The lowest BCUT2D eigenvalue weighted by Gasteiger charge is -2.06. The van der Waals surface area contributed by atoms with Crippen LogP contribution in [0.2, 0.25) is 0 Å². The number of aliphatic hydroxyl groups is 1. The lowest BCUT2D eigenvalue weighted by Crippen LogP contribution is -2.39. The number of furan rings is 1. The molecule has 1 N–H and O–H groups in total. The SMILES string of the molecule is Cc1cn2c3c(=O)n(CCCO)c(=O)n(C)c3nc2n1Cc1ccco1. The summed E-state index contributed by atoms with van der Waals surface area (Å²) in [5.41, 5.74) is 0.760. The first-order valence-electron chi connectivity index (χ1n) is 8.34. The lowest BCUT2D eigenvalue weighted by atomic mass is 10.4. The van der Waals surface area contributed by atoms with Gasteiger partial charge in [-0.2, -0.15) is 4.98 Å². The number of aliphatic hydroxyl groups excluding tert-OH is 1. The topological polar surface area (TPSA) is 99.6 Å². The van der Waals surface area contributed by atoms with E-state index in [0.29, 0.717) is 29.9 Å². The third-order valence-corrected chi connectivity index (χ3v) is 4.57. The fraction of sp³-hybridized carbons (Fsp3) is 0.353.